The molecule has 2 aromatic rings. The van der Waals surface area contributed by atoms with Gasteiger partial charge in [0.1, 0.15) is 0 Å². The van der Waals surface area contributed by atoms with Crippen LogP contribution in [0.4, 0.5) is 0 Å². The van der Waals surface area contributed by atoms with Crippen molar-refractivity contribution in [3.05, 3.63) is 53.6 Å². The Kier molecular flexibility index (Phi) is 4.15. The van der Waals surface area contributed by atoms with E-state index in [1.54, 1.807) is 6.08 Å². The molecule has 0 unspecified atom stereocenters. The predicted octanol–water partition coefficient (Wildman–Crippen LogP) is 2.87. The van der Waals surface area contributed by atoms with Crippen LogP contribution in [0, 0.1) is 0 Å². The number of carbonyl (C=O) groups excluding carboxylic acids is 1. The number of fused-ring (bicyclic) bond motifs is 1. The number of hydrogen-bond donors (Lipinski definition) is 1. The number of esters is 1. The molecule has 0 bridgehead atoms. The molecule has 0 aliphatic rings. The molecule has 1 N–H and O–H groups in total. The van der Waals surface area contributed by atoms with Gasteiger partial charge >= 0.3 is 11.9 Å². The third-order valence-electron chi connectivity index (χ3n) is 2.94. The molecule has 4 heteroatoms. The minimum atomic E-state index is -1.07. The summed E-state index contributed by atoms with van der Waals surface area (Å²) in [7, 11) is 1.24. The summed E-state index contributed by atoms with van der Waals surface area (Å²) < 4.78 is 4.63. The maximum absolute atomic E-state index is 11.6. The molecule has 0 heterocycles. The Morgan fingerprint density at radius 1 is 1.15 bits per heavy atom. The molecule has 0 spiro atoms. The van der Waals surface area contributed by atoms with Gasteiger partial charge in [-0.05, 0) is 22.4 Å². The third kappa shape index (κ3) is 3.03. The summed E-state index contributed by atoms with van der Waals surface area (Å²) in [6.45, 7) is 0. The zero-order chi connectivity index (χ0) is 14.5. The van der Waals surface area contributed by atoms with E-state index in [4.69, 9.17) is 5.11 Å². The highest BCUT2D eigenvalue weighted by atomic mass is 16.5. The second kappa shape index (κ2) is 6.02. The van der Waals surface area contributed by atoms with E-state index in [1.807, 2.05) is 42.5 Å². The molecule has 0 fully saturated rings. The number of carboxylic acids is 1. The molecule has 0 saturated carbocycles. The van der Waals surface area contributed by atoms with Gasteiger partial charge in [-0.15, -0.1) is 0 Å². The molecule has 0 amide bonds. The summed E-state index contributed by atoms with van der Waals surface area (Å²) in [5.41, 5.74) is 0.918. The summed E-state index contributed by atoms with van der Waals surface area (Å²) >= 11 is 0. The molecule has 4 nitrogen and oxygen atoms in total. The number of benzene rings is 2. The van der Waals surface area contributed by atoms with Gasteiger partial charge in [-0.1, -0.05) is 42.5 Å². The van der Waals surface area contributed by atoms with Gasteiger partial charge in [0, 0.05) is 5.57 Å². The van der Waals surface area contributed by atoms with Crippen molar-refractivity contribution in [3.63, 3.8) is 0 Å². The predicted molar refractivity (Wildman–Crippen MR) is 76.2 cm³/mol. The third-order valence-corrected chi connectivity index (χ3v) is 2.94. The van der Waals surface area contributed by atoms with Crippen LogP contribution in [0.2, 0.25) is 0 Å². The first kappa shape index (κ1) is 13.8. The van der Waals surface area contributed by atoms with Crippen molar-refractivity contribution in [3.8, 4) is 0 Å². The number of methoxy groups -OCH3 is 1. The van der Waals surface area contributed by atoms with Gasteiger partial charge in [0.2, 0.25) is 0 Å². The first-order chi connectivity index (χ1) is 9.61. The van der Waals surface area contributed by atoms with Gasteiger partial charge in [-0.25, -0.2) is 4.79 Å². The smallest absolute Gasteiger partial charge is 0.334 e. The minimum Gasteiger partial charge on any atom is -0.481 e. The van der Waals surface area contributed by atoms with Crippen LogP contribution in [0.5, 0.6) is 0 Å². The number of hydrogen-bond acceptors (Lipinski definition) is 3. The van der Waals surface area contributed by atoms with E-state index in [2.05, 4.69) is 4.74 Å². The van der Waals surface area contributed by atoms with Crippen molar-refractivity contribution in [1.29, 1.82) is 0 Å². The standard InChI is InChI=1S/C16H14O4/c1-20-16(19)13(10-15(17)18)9-12-7-4-6-11-5-2-3-8-14(11)12/h2-9H,10H2,1H3,(H,17,18)/b13-9+. The average molecular weight is 270 g/mol. The zero-order valence-electron chi connectivity index (χ0n) is 11.0. The number of carboxylic acid groups (broad SMARTS) is 1. The van der Waals surface area contributed by atoms with Crippen molar-refractivity contribution in [2.75, 3.05) is 7.11 Å². The summed E-state index contributed by atoms with van der Waals surface area (Å²) in [6, 6.07) is 13.4. The highest BCUT2D eigenvalue weighted by Crippen LogP contribution is 2.22. The first-order valence-corrected chi connectivity index (χ1v) is 6.10. The summed E-state index contributed by atoms with van der Waals surface area (Å²) in [5.74, 6) is -1.69. The van der Waals surface area contributed by atoms with Crippen molar-refractivity contribution in [2.24, 2.45) is 0 Å². The molecule has 20 heavy (non-hydrogen) atoms. The molecule has 2 aromatic carbocycles. The van der Waals surface area contributed by atoms with Crippen LogP contribution >= 0.6 is 0 Å². The molecule has 0 aliphatic carbocycles. The molecule has 0 radical (unpaired) electrons. The first-order valence-electron chi connectivity index (χ1n) is 6.10. The van der Waals surface area contributed by atoms with Gasteiger partial charge in [0.15, 0.2) is 0 Å². The molecular weight excluding hydrogens is 256 g/mol. The second-order valence-corrected chi connectivity index (χ2v) is 4.30. The number of carbonyl (C=O) groups is 2. The lowest BCUT2D eigenvalue weighted by atomic mass is 10.0. The van der Waals surface area contributed by atoms with E-state index in [-0.39, 0.29) is 12.0 Å². The maximum atomic E-state index is 11.6. The Labute approximate surface area is 116 Å². The van der Waals surface area contributed by atoms with Crippen LogP contribution in [-0.2, 0) is 14.3 Å². The Balaban J connectivity index is 2.53. The number of rotatable bonds is 4. The fourth-order valence-corrected chi connectivity index (χ4v) is 2.04. The lowest BCUT2D eigenvalue weighted by Gasteiger charge is -2.05. The van der Waals surface area contributed by atoms with Crippen molar-refractivity contribution in [2.45, 2.75) is 6.42 Å². The average Bonchev–Trinajstić information content (AvgIpc) is 2.45. The maximum Gasteiger partial charge on any atom is 0.334 e. The molecule has 102 valence electrons. The van der Waals surface area contributed by atoms with E-state index >= 15 is 0 Å². The van der Waals surface area contributed by atoms with Crippen LogP contribution in [0.25, 0.3) is 16.8 Å². The Hall–Kier alpha value is -2.62. The monoisotopic (exact) mass is 270 g/mol. The summed E-state index contributed by atoms with van der Waals surface area (Å²) in [5, 5.41) is 10.9. The van der Waals surface area contributed by atoms with E-state index < -0.39 is 11.9 Å². The van der Waals surface area contributed by atoms with E-state index in [1.165, 1.54) is 7.11 Å². The number of ether oxygens (including phenoxy) is 1. The van der Waals surface area contributed by atoms with Crippen LogP contribution in [0.15, 0.2) is 48.0 Å². The molecule has 2 rings (SSSR count). The number of aliphatic carboxylic acids is 1. The summed E-state index contributed by atoms with van der Waals surface area (Å²) in [4.78, 5) is 22.5. The molecular formula is C16H14O4. The molecule has 0 saturated heterocycles. The van der Waals surface area contributed by atoms with Crippen molar-refractivity contribution in [1.82, 2.24) is 0 Å². The van der Waals surface area contributed by atoms with Gasteiger partial charge in [-0.2, -0.15) is 0 Å². The zero-order valence-corrected chi connectivity index (χ0v) is 11.0. The van der Waals surface area contributed by atoms with Gasteiger partial charge in [0.05, 0.1) is 13.5 Å². The van der Waals surface area contributed by atoms with Crippen LogP contribution in [-0.4, -0.2) is 24.2 Å². The SMILES string of the molecule is COC(=O)/C(=C/c1cccc2ccccc12)CC(=O)O. The van der Waals surface area contributed by atoms with Gasteiger partial charge < -0.3 is 9.84 Å². The highest BCUT2D eigenvalue weighted by Gasteiger charge is 2.14. The van der Waals surface area contributed by atoms with Crippen LogP contribution in [0.3, 0.4) is 0 Å². The van der Waals surface area contributed by atoms with Gasteiger partial charge in [0.25, 0.3) is 0 Å². The fraction of sp³-hybridized carbons (Fsp3) is 0.125. The Morgan fingerprint density at radius 3 is 2.55 bits per heavy atom. The van der Waals surface area contributed by atoms with Crippen molar-refractivity contribution >= 4 is 28.8 Å². The lowest BCUT2D eigenvalue weighted by Crippen LogP contribution is -2.09. The quantitative estimate of drug-likeness (QED) is 0.685. The van der Waals surface area contributed by atoms with E-state index in [9.17, 15) is 9.59 Å². The van der Waals surface area contributed by atoms with Crippen molar-refractivity contribution < 1.29 is 19.4 Å². The highest BCUT2D eigenvalue weighted by molar-refractivity contribution is 6.01. The molecule has 0 atom stereocenters. The topological polar surface area (TPSA) is 63.6 Å². The molecule has 0 aliphatic heterocycles. The largest absolute Gasteiger partial charge is 0.481 e. The normalized spacial score (nSPS) is 11.3. The second-order valence-electron chi connectivity index (χ2n) is 4.30. The van der Waals surface area contributed by atoms with Gasteiger partial charge in [-0.3, -0.25) is 4.79 Å². The minimum absolute atomic E-state index is 0.122. The Morgan fingerprint density at radius 2 is 1.85 bits per heavy atom. The lowest BCUT2D eigenvalue weighted by molar-refractivity contribution is -0.141. The summed E-state index contributed by atoms with van der Waals surface area (Å²) in [6.07, 6.45) is 1.21. The fourth-order valence-electron chi connectivity index (χ4n) is 2.04. The van der Waals surface area contributed by atoms with Crippen LogP contribution in [0.1, 0.15) is 12.0 Å². The van der Waals surface area contributed by atoms with E-state index in [0.717, 1.165) is 16.3 Å². The Bertz CT molecular complexity index is 680. The van der Waals surface area contributed by atoms with Crippen LogP contribution < -0.4 is 0 Å². The molecule has 0 aromatic heterocycles. The van der Waals surface area contributed by atoms with E-state index in [0.29, 0.717) is 0 Å².